The maximum Gasteiger partial charge on any atom is 0.337 e. The van der Waals surface area contributed by atoms with Crippen LogP contribution in [0.5, 0.6) is 17.2 Å². The summed E-state index contributed by atoms with van der Waals surface area (Å²) in [5.41, 5.74) is 5.17. The van der Waals surface area contributed by atoms with Crippen molar-refractivity contribution in [3.8, 4) is 17.2 Å². The van der Waals surface area contributed by atoms with Crippen LogP contribution in [0.15, 0.2) is 77.9 Å². The maximum absolute atomic E-state index is 11.6. The fourth-order valence-electron chi connectivity index (χ4n) is 2.72. The maximum atomic E-state index is 11.6. The van der Waals surface area contributed by atoms with Gasteiger partial charge in [0, 0.05) is 0 Å². The van der Waals surface area contributed by atoms with Crippen molar-refractivity contribution >= 4 is 17.9 Å². The van der Waals surface area contributed by atoms with Gasteiger partial charge in [-0.3, -0.25) is 5.43 Å². The minimum absolute atomic E-state index is 0.304. The second-order valence-corrected chi connectivity index (χ2v) is 6.36. The molecule has 3 aromatic rings. The molecule has 0 amide bonds. The van der Waals surface area contributed by atoms with E-state index >= 15 is 0 Å². The van der Waals surface area contributed by atoms with Crippen LogP contribution in [0.4, 0.5) is 5.69 Å². The van der Waals surface area contributed by atoms with E-state index in [4.69, 9.17) is 18.9 Å². The molecule has 0 aliphatic carbocycles. The Bertz CT molecular complexity index is 1020. The predicted octanol–water partition coefficient (Wildman–Crippen LogP) is 4.39. The average molecular weight is 420 g/mol. The Kier molecular flexibility index (Phi) is 7.88. The van der Waals surface area contributed by atoms with Gasteiger partial charge < -0.3 is 18.9 Å². The Morgan fingerprint density at radius 3 is 2.48 bits per heavy atom. The van der Waals surface area contributed by atoms with E-state index < -0.39 is 5.97 Å². The number of nitrogens with one attached hydrogen (secondary N) is 1. The lowest BCUT2D eigenvalue weighted by molar-refractivity contribution is 0.0600. The number of benzene rings is 3. The van der Waals surface area contributed by atoms with Crippen LogP contribution in [0.3, 0.4) is 0 Å². The number of hydrazone groups is 1. The zero-order valence-electron chi connectivity index (χ0n) is 17.4. The number of ether oxygens (including phenoxy) is 4. The summed E-state index contributed by atoms with van der Waals surface area (Å²) >= 11 is 0. The van der Waals surface area contributed by atoms with E-state index in [9.17, 15) is 4.79 Å². The molecular weight excluding hydrogens is 396 g/mol. The molecule has 7 nitrogen and oxygen atoms in total. The third kappa shape index (κ3) is 6.50. The number of hydrogen-bond acceptors (Lipinski definition) is 7. The number of nitrogens with zero attached hydrogens (tertiary/aromatic N) is 1. The van der Waals surface area contributed by atoms with Gasteiger partial charge in [0.2, 0.25) is 0 Å². The van der Waals surface area contributed by atoms with Gasteiger partial charge in [0.1, 0.15) is 19.0 Å². The van der Waals surface area contributed by atoms with E-state index in [0.29, 0.717) is 36.0 Å². The van der Waals surface area contributed by atoms with Gasteiger partial charge in [-0.1, -0.05) is 24.3 Å². The first kappa shape index (κ1) is 21.7. The van der Waals surface area contributed by atoms with Crippen LogP contribution >= 0.6 is 0 Å². The second-order valence-electron chi connectivity index (χ2n) is 6.36. The van der Waals surface area contributed by atoms with Gasteiger partial charge in [0.25, 0.3) is 0 Å². The zero-order chi connectivity index (χ0) is 21.9. The first-order valence-electron chi connectivity index (χ1n) is 9.66. The van der Waals surface area contributed by atoms with E-state index in [1.165, 1.54) is 7.11 Å². The number of carbonyl (C=O) groups excluding carboxylic acids is 1. The van der Waals surface area contributed by atoms with Crippen molar-refractivity contribution in [2.24, 2.45) is 5.10 Å². The molecule has 160 valence electrons. The fraction of sp³-hybridized carbons (Fsp3) is 0.167. The smallest absolute Gasteiger partial charge is 0.337 e. The van der Waals surface area contributed by atoms with Crippen molar-refractivity contribution in [1.82, 2.24) is 0 Å². The number of esters is 1. The SMILES string of the molecule is COC(=O)c1cccc(OCCOc2ccc(C=NNc3ccccc3)cc2OC)c1. The minimum atomic E-state index is -0.408. The van der Waals surface area contributed by atoms with Crippen molar-refractivity contribution < 1.29 is 23.7 Å². The molecule has 31 heavy (non-hydrogen) atoms. The van der Waals surface area contributed by atoms with Crippen LogP contribution in [0.2, 0.25) is 0 Å². The molecule has 0 aromatic heterocycles. The first-order chi connectivity index (χ1) is 15.2. The lowest BCUT2D eigenvalue weighted by atomic mass is 10.2. The van der Waals surface area contributed by atoms with Gasteiger partial charge in [-0.2, -0.15) is 5.10 Å². The van der Waals surface area contributed by atoms with Crippen LogP contribution in [0, 0.1) is 0 Å². The normalized spacial score (nSPS) is 10.5. The molecule has 7 heteroatoms. The highest BCUT2D eigenvalue weighted by Gasteiger charge is 2.07. The fourth-order valence-corrected chi connectivity index (χ4v) is 2.72. The van der Waals surface area contributed by atoms with Crippen molar-refractivity contribution in [2.45, 2.75) is 0 Å². The molecule has 0 aliphatic rings. The van der Waals surface area contributed by atoms with Gasteiger partial charge >= 0.3 is 5.97 Å². The molecule has 1 N–H and O–H groups in total. The van der Waals surface area contributed by atoms with Gasteiger partial charge in [0.15, 0.2) is 11.5 Å². The number of anilines is 1. The Balaban J connectivity index is 1.52. The summed E-state index contributed by atoms with van der Waals surface area (Å²) in [5, 5.41) is 4.23. The molecule has 0 atom stereocenters. The molecule has 0 heterocycles. The monoisotopic (exact) mass is 420 g/mol. The molecule has 0 unspecified atom stereocenters. The molecule has 3 aromatic carbocycles. The highest BCUT2D eigenvalue weighted by atomic mass is 16.5. The Labute approximate surface area is 181 Å². The van der Waals surface area contributed by atoms with Gasteiger partial charge in [-0.05, 0) is 54.1 Å². The van der Waals surface area contributed by atoms with Crippen LogP contribution in [0.25, 0.3) is 0 Å². The van der Waals surface area contributed by atoms with E-state index in [1.54, 1.807) is 37.6 Å². The highest BCUT2D eigenvalue weighted by Crippen LogP contribution is 2.27. The summed E-state index contributed by atoms with van der Waals surface area (Å²) in [6, 6.07) is 22.0. The molecular formula is C24H24N2O5. The number of hydrogen-bond donors (Lipinski definition) is 1. The predicted molar refractivity (Wildman–Crippen MR) is 119 cm³/mol. The summed E-state index contributed by atoms with van der Waals surface area (Å²) in [6.45, 7) is 0.611. The molecule has 3 rings (SSSR count). The topological polar surface area (TPSA) is 78.4 Å². The quantitative estimate of drug-likeness (QED) is 0.227. The van der Waals surface area contributed by atoms with Crippen molar-refractivity contribution in [1.29, 1.82) is 0 Å². The standard InChI is InChI=1S/C24H24N2O5/c1-28-23-15-18(17-25-26-20-8-4-3-5-9-20)11-12-22(23)31-14-13-30-21-10-6-7-19(16-21)24(27)29-2/h3-12,15-17,26H,13-14H2,1-2H3. The van der Waals surface area contributed by atoms with Crippen LogP contribution in [-0.2, 0) is 4.74 Å². The number of para-hydroxylation sites is 1. The van der Waals surface area contributed by atoms with Crippen molar-refractivity contribution in [3.05, 3.63) is 83.9 Å². The Morgan fingerprint density at radius 2 is 1.71 bits per heavy atom. The third-order valence-corrected chi connectivity index (χ3v) is 4.23. The molecule has 0 radical (unpaired) electrons. The lowest BCUT2D eigenvalue weighted by Gasteiger charge is -2.12. The largest absolute Gasteiger partial charge is 0.493 e. The van der Waals surface area contributed by atoms with Crippen molar-refractivity contribution in [3.63, 3.8) is 0 Å². The third-order valence-electron chi connectivity index (χ3n) is 4.23. The van der Waals surface area contributed by atoms with Crippen molar-refractivity contribution in [2.75, 3.05) is 32.9 Å². The van der Waals surface area contributed by atoms with Gasteiger partial charge in [-0.25, -0.2) is 4.79 Å². The zero-order valence-corrected chi connectivity index (χ0v) is 17.4. The average Bonchev–Trinajstić information content (AvgIpc) is 2.82. The van der Waals surface area contributed by atoms with E-state index in [-0.39, 0.29) is 0 Å². The summed E-state index contributed by atoms with van der Waals surface area (Å²) in [6.07, 6.45) is 1.71. The molecule has 0 bridgehead atoms. The molecule has 0 aliphatic heterocycles. The highest BCUT2D eigenvalue weighted by molar-refractivity contribution is 5.89. The molecule has 0 fully saturated rings. The summed E-state index contributed by atoms with van der Waals surface area (Å²) in [4.78, 5) is 11.6. The molecule has 0 spiro atoms. The van der Waals surface area contributed by atoms with E-state index in [1.807, 2.05) is 48.5 Å². The number of rotatable bonds is 10. The summed E-state index contributed by atoms with van der Waals surface area (Å²) in [7, 11) is 2.92. The van der Waals surface area contributed by atoms with Gasteiger partial charge in [-0.15, -0.1) is 0 Å². The number of methoxy groups -OCH3 is 2. The first-order valence-corrected chi connectivity index (χ1v) is 9.66. The van der Waals surface area contributed by atoms with Crippen LogP contribution in [-0.4, -0.2) is 39.6 Å². The van der Waals surface area contributed by atoms with Crippen LogP contribution < -0.4 is 19.6 Å². The summed E-state index contributed by atoms with van der Waals surface area (Å²) < 4.78 is 21.6. The molecule has 0 saturated heterocycles. The minimum Gasteiger partial charge on any atom is -0.493 e. The van der Waals surface area contributed by atoms with Gasteiger partial charge in [0.05, 0.1) is 31.7 Å². The van der Waals surface area contributed by atoms with E-state index in [2.05, 4.69) is 10.5 Å². The second kappa shape index (κ2) is 11.3. The summed E-state index contributed by atoms with van der Waals surface area (Å²) in [5.74, 6) is 1.35. The Morgan fingerprint density at radius 1 is 0.903 bits per heavy atom. The van der Waals surface area contributed by atoms with E-state index in [0.717, 1.165) is 11.3 Å². The lowest BCUT2D eigenvalue weighted by Crippen LogP contribution is -2.10. The number of carbonyl (C=O) groups is 1. The Hall–Kier alpha value is -4.00. The molecule has 0 saturated carbocycles. The van der Waals surface area contributed by atoms with Crippen LogP contribution in [0.1, 0.15) is 15.9 Å².